The number of rotatable bonds is 7. The van der Waals surface area contributed by atoms with E-state index in [-0.39, 0.29) is 33.7 Å². The highest BCUT2D eigenvalue weighted by Crippen LogP contribution is 2.23. The Morgan fingerprint density at radius 3 is 2.33 bits per heavy atom. The number of thiophene rings is 1. The number of carbonyl (C=O) groups excluding carboxylic acids is 2. The molecular formula is C21H21N3O4S2. The molecule has 0 saturated carbocycles. The number of para-hydroxylation sites is 1. The molecule has 2 aromatic carbocycles. The van der Waals surface area contributed by atoms with Crippen molar-refractivity contribution in [3.05, 3.63) is 83.2 Å². The van der Waals surface area contributed by atoms with Crippen LogP contribution in [0.2, 0.25) is 0 Å². The summed E-state index contributed by atoms with van der Waals surface area (Å²) in [5.74, 6) is -0.996. The van der Waals surface area contributed by atoms with Crippen molar-refractivity contribution in [2.75, 3.05) is 4.72 Å². The molecular weight excluding hydrogens is 422 g/mol. The minimum atomic E-state index is -3.80. The summed E-state index contributed by atoms with van der Waals surface area (Å²) in [6.45, 7) is 1.92. The van der Waals surface area contributed by atoms with Crippen molar-refractivity contribution < 1.29 is 18.0 Å². The standard InChI is InChI=1S/C21H21N3O4S2/c1-15(16-8-3-2-4-9-16)14-19(25)22-23-21(26)17-10-5-6-11-18(17)24-30(27,28)20-12-7-13-29-20/h2-13,15,24H,14H2,1H3,(H,22,25)(H,23,26). The first-order valence-corrected chi connectivity index (χ1v) is 11.5. The fourth-order valence-electron chi connectivity index (χ4n) is 2.80. The minimum Gasteiger partial charge on any atom is -0.278 e. The van der Waals surface area contributed by atoms with Crippen LogP contribution in [0.5, 0.6) is 0 Å². The van der Waals surface area contributed by atoms with E-state index < -0.39 is 15.9 Å². The van der Waals surface area contributed by atoms with Gasteiger partial charge in [0.2, 0.25) is 5.91 Å². The number of amides is 2. The highest BCUT2D eigenvalue weighted by Gasteiger charge is 2.20. The first-order valence-electron chi connectivity index (χ1n) is 9.16. The molecule has 1 aromatic heterocycles. The number of hydrogen-bond acceptors (Lipinski definition) is 5. The summed E-state index contributed by atoms with van der Waals surface area (Å²) < 4.78 is 27.5. The second-order valence-electron chi connectivity index (χ2n) is 6.60. The average Bonchev–Trinajstić information content (AvgIpc) is 3.29. The predicted octanol–water partition coefficient (Wildman–Crippen LogP) is 3.50. The van der Waals surface area contributed by atoms with Crippen molar-refractivity contribution in [3.8, 4) is 0 Å². The van der Waals surface area contributed by atoms with E-state index in [1.54, 1.807) is 23.6 Å². The van der Waals surface area contributed by atoms with Crippen LogP contribution in [0.25, 0.3) is 0 Å². The van der Waals surface area contributed by atoms with E-state index in [9.17, 15) is 18.0 Å². The van der Waals surface area contributed by atoms with Crippen LogP contribution in [-0.2, 0) is 14.8 Å². The zero-order valence-electron chi connectivity index (χ0n) is 16.2. The van der Waals surface area contributed by atoms with Crippen molar-refractivity contribution in [1.82, 2.24) is 10.9 Å². The summed E-state index contributed by atoms with van der Waals surface area (Å²) in [5.41, 5.74) is 5.96. The van der Waals surface area contributed by atoms with Crippen LogP contribution >= 0.6 is 11.3 Å². The Hall–Kier alpha value is -3.17. The van der Waals surface area contributed by atoms with E-state index in [1.165, 1.54) is 18.2 Å². The van der Waals surface area contributed by atoms with Gasteiger partial charge in [-0.25, -0.2) is 8.42 Å². The van der Waals surface area contributed by atoms with Crippen LogP contribution in [0, 0.1) is 0 Å². The quantitative estimate of drug-likeness (QED) is 0.486. The Morgan fingerprint density at radius 2 is 1.63 bits per heavy atom. The zero-order valence-corrected chi connectivity index (χ0v) is 17.8. The van der Waals surface area contributed by atoms with Gasteiger partial charge in [-0.2, -0.15) is 0 Å². The number of hydrogen-bond donors (Lipinski definition) is 3. The Bertz CT molecular complexity index is 1110. The van der Waals surface area contributed by atoms with E-state index in [2.05, 4.69) is 15.6 Å². The van der Waals surface area contributed by atoms with Crippen LogP contribution in [0.3, 0.4) is 0 Å². The Labute approximate surface area is 179 Å². The van der Waals surface area contributed by atoms with Crippen LogP contribution in [-0.4, -0.2) is 20.2 Å². The van der Waals surface area contributed by atoms with E-state index in [1.807, 2.05) is 37.3 Å². The molecule has 0 saturated heterocycles. The molecule has 2 amide bonds. The predicted molar refractivity (Wildman–Crippen MR) is 117 cm³/mol. The summed E-state index contributed by atoms with van der Waals surface area (Å²) in [5, 5.41) is 1.65. The maximum Gasteiger partial charge on any atom is 0.271 e. The molecule has 0 spiro atoms. The molecule has 3 rings (SSSR count). The molecule has 0 aliphatic rings. The second-order valence-corrected chi connectivity index (χ2v) is 9.46. The van der Waals surface area contributed by atoms with Gasteiger partial charge in [0.1, 0.15) is 4.21 Å². The molecule has 0 radical (unpaired) electrons. The van der Waals surface area contributed by atoms with Gasteiger partial charge in [0, 0.05) is 6.42 Å². The van der Waals surface area contributed by atoms with Crippen LogP contribution in [0.15, 0.2) is 76.3 Å². The summed E-state index contributed by atoms with van der Waals surface area (Å²) in [6, 6.07) is 18.9. The van der Waals surface area contributed by atoms with Gasteiger partial charge in [0.05, 0.1) is 11.3 Å². The highest BCUT2D eigenvalue weighted by molar-refractivity contribution is 7.94. The highest BCUT2D eigenvalue weighted by atomic mass is 32.2. The third-order valence-corrected chi connectivity index (χ3v) is 7.11. The lowest BCUT2D eigenvalue weighted by atomic mass is 9.98. The zero-order chi connectivity index (χ0) is 21.6. The lowest BCUT2D eigenvalue weighted by Crippen LogP contribution is -2.42. The van der Waals surface area contributed by atoms with E-state index in [4.69, 9.17) is 0 Å². The number of benzene rings is 2. The summed E-state index contributed by atoms with van der Waals surface area (Å²) in [7, 11) is -3.80. The maximum absolute atomic E-state index is 12.5. The molecule has 7 nitrogen and oxygen atoms in total. The van der Waals surface area contributed by atoms with Crippen molar-refractivity contribution in [3.63, 3.8) is 0 Å². The summed E-state index contributed by atoms with van der Waals surface area (Å²) in [4.78, 5) is 24.7. The normalized spacial score (nSPS) is 12.0. The van der Waals surface area contributed by atoms with E-state index in [0.29, 0.717) is 0 Å². The molecule has 1 heterocycles. The maximum atomic E-state index is 12.5. The monoisotopic (exact) mass is 443 g/mol. The van der Waals surface area contributed by atoms with Crippen LogP contribution < -0.4 is 15.6 Å². The van der Waals surface area contributed by atoms with Gasteiger partial charge in [-0.05, 0) is 35.1 Å². The molecule has 0 fully saturated rings. The molecule has 9 heteroatoms. The van der Waals surface area contributed by atoms with Crippen molar-refractivity contribution in [1.29, 1.82) is 0 Å². The third kappa shape index (κ3) is 5.46. The van der Waals surface area contributed by atoms with Gasteiger partial charge in [-0.1, -0.05) is 55.5 Å². The van der Waals surface area contributed by atoms with Crippen LogP contribution in [0.4, 0.5) is 5.69 Å². The molecule has 1 unspecified atom stereocenters. The largest absolute Gasteiger partial charge is 0.278 e. The fraction of sp³-hybridized carbons (Fsp3) is 0.143. The fourth-order valence-corrected chi connectivity index (χ4v) is 4.88. The topological polar surface area (TPSA) is 104 Å². The number of sulfonamides is 1. The first kappa shape index (κ1) is 21.5. The van der Waals surface area contributed by atoms with Gasteiger partial charge < -0.3 is 0 Å². The minimum absolute atomic E-state index is 0.0204. The third-order valence-electron chi connectivity index (χ3n) is 4.35. The Balaban J connectivity index is 1.63. The number of anilines is 1. The summed E-state index contributed by atoms with van der Waals surface area (Å²) >= 11 is 1.07. The molecule has 0 aliphatic heterocycles. The first-order chi connectivity index (χ1) is 14.4. The number of hydrazine groups is 1. The number of nitrogens with one attached hydrogen (secondary N) is 3. The van der Waals surface area contributed by atoms with Gasteiger partial charge in [0.25, 0.3) is 15.9 Å². The molecule has 3 aromatic rings. The Morgan fingerprint density at radius 1 is 0.933 bits per heavy atom. The lowest BCUT2D eigenvalue weighted by Gasteiger charge is -2.14. The molecule has 0 bridgehead atoms. The molecule has 3 N–H and O–H groups in total. The van der Waals surface area contributed by atoms with Gasteiger partial charge in [-0.15, -0.1) is 11.3 Å². The van der Waals surface area contributed by atoms with Gasteiger partial charge >= 0.3 is 0 Å². The van der Waals surface area contributed by atoms with Crippen molar-refractivity contribution >= 4 is 38.9 Å². The SMILES string of the molecule is CC(CC(=O)NNC(=O)c1ccccc1NS(=O)(=O)c1cccs1)c1ccccc1. The molecule has 30 heavy (non-hydrogen) atoms. The average molecular weight is 444 g/mol. The van der Waals surface area contributed by atoms with Gasteiger partial charge in [0.15, 0.2) is 0 Å². The smallest absolute Gasteiger partial charge is 0.271 e. The van der Waals surface area contributed by atoms with Gasteiger partial charge in [-0.3, -0.25) is 25.2 Å². The van der Waals surface area contributed by atoms with Crippen LogP contribution in [0.1, 0.15) is 35.2 Å². The van der Waals surface area contributed by atoms with Crippen molar-refractivity contribution in [2.45, 2.75) is 23.5 Å². The molecule has 0 aliphatic carbocycles. The molecule has 1 atom stereocenters. The second kappa shape index (κ2) is 9.55. The van der Waals surface area contributed by atoms with E-state index in [0.717, 1.165) is 16.9 Å². The Kier molecular flexibility index (Phi) is 6.86. The number of carbonyl (C=O) groups is 2. The van der Waals surface area contributed by atoms with E-state index >= 15 is 0 Å². The van der Waals surface area contributed by atoms with Crippen molar-refractivity contribution in [2.24, 2.45) is 0 Å². The summed E-state index contributed by atoms with van der Waals surface area (Å²) in [6.07, 6.45) is 0.191. The molecule has 156 valence electrons. The lowest BCUT2D eigenvalue weighted by molar-refractivity contribution is -0.122.